The number of hydrogen-bond donors (Lipinski definition) is 0. The first kappa shape index (κ1) is 32.1. The minimum Gasteiger partial charge on any atom is -0.493 e. The Morgan fingerprint density at radius 2 is 0.950 bits per heavy atom. The summed E-state index contributed by atoms with van der Waals surface area (Å²) in [6.07, 6.45) is 5.92. The van der Waals surface area contributed by atoms with E-state index in [0.29, 0.717) is 70.3 Å². The second-order valence-corrected chi connectivity index (χ2v) is 7.71. The summed E-state index contributed by atoms with van der Waals surface area (Å²) in [5.41, 5.74) is 1.04. The van der Waals surface area contributed by atoms with Crippen LogP contribution in [0.5, 0.6) is 46.0 Å². The third-order valence-corrected chi connectivity index (χ3v) is 5.46. The topological polar surface area (TPSA) is 109 Å². The Morgan fingerprint density at radius 1 is 0.575 bits per heavy atom. The molecule has 0 radical (unpaired) electrons. The minimum absolute atomic E-state index is 0.0251. The first-order valence-electron chi connectivity index (χ1n) is 12.4. The van der Waals surface area contributed by atoms with Crippen LogP contribution in [0.4, 0.5) is 0 Å². The third kappa shape index (κ3) is 7.96. The Kier molecular flexibility index (Phi) is 13.5. The Morgan fingerprint density at radius 3 is 1.25 bits per heavy atom. The average molecular weight is 563 g/mol. The lowest BCUT2D eigenvalue weighted by Gasteiger charge is -2.18. The van der Waals surface area contributed by atoms with Crippen LogP contribution in [0.25, 0.3) is 12.2 Å². The van der Waals surface area contributed by atoms with E-state index in [9.17, 15) is 4.79 Å². The second kappa shape index (κ2) is 16.8. The van der Waals surface area contributed by atoms with Crippen molar-refractivity contribution in [3.63, 3.8) is 0 Å². The second-order valence-electron chi connectivity index (χ2n) is 7.71. The van der Waals surface area contributed by atoms with Gasteiger partial charge in [-0.2, -0.15) is 0 Å². The number of carbonyl (C=O) groups is 1. The molecule has 0 atom stereocenters. The lowest BCUT2D eigenvalue weighted by Crippen LogP contribution is -2.06. The molecule has 0 saturated carbocycles. The van der Waals surface area contributed by atoms with Crippen molar-refractivity contribution in [3.8, 4) is 46.0 Å². The summed E-state index contributed by atoms with van der Waals surface area (Å²) in [5.74, 6) is 2.45. The molecule has 0 saturated heterocycles. The Bertz CT molecular complexity index is 1080. The zero-order valence-electron chi connectivity index (χ0n) is 24.3. The molecule has 0 heterocycles. The van der Waals surface area contributed by atoms with Gasteiger partial charge in [-0.3, -0.25) is 4.79 Å². The van der Waals surface area contributed by atoms with Gasteiger partial charge in [-0.25, -0.2) is 0 Å². The van der Waals surface area contributed by atoms with E-state index in [1.807, 2.05) is 13.8 Å². The number of methoxy groups -OCH3 is 6. The lowest BCUT2D eigenvalue weighted by molar-refractivity contribution is -0.110. The molecule has 2 aromatic rings. The summed E-state index contributed by atoms with van der Waals surface area (Å²) < 4.78 is 55.1. The molecule has 11 heteroatoms. The smallest absolute Gasteiger partial charge is 0.208 e. The molecule has 220 valence electrons. The van der Waals surface area contributed by atoms with Crippen LogP contribution in [0, 0.1) is 0 Å². The standard InChI is InChI=1S/C29H38O11/c1-9-37-17-39-24-19(15-22(31-3)26(33-5)28(24)35-7)11-13-21(30)14-12-20-16-23(32-4)27(34-6)29(36-8)25(20)40-18-38-10-2/h11-16H,9-10,17-18H2,1-8H3. The molecule has 0 spiro atoms. The van der Waals surface area contributed by atoms with Gasteiger partial charge in [-0.1, -0.05) is 0 Å². The molecule has 0 aromatic heterocycles. The maximum absolute atomic E-state index is 12.9. The van der Waals surface area contributed by atoms with Crippen LogP contribution in [-0.2, 0) is 14.3 Å². The summed E-state index contributed by atoms with van der Waals surface area (Å²) in [6.45, 7) is 4.57. The molecule has 11 nitrogen and oxygen atoms in total. The largest absolute Gasteiger partial charge is 0.493 e. The highest BCUT2D eigenvalue weighted by Crippen LogP contribution is 2.48. The predicted octanol–water partition coefficient (Wildman–Crippen LogP) is 4.78. The van der Waals surface area contributed by atoms with E-state index in [-0.39, 0.29) is 19.4 Å². The summed E-state index contributed by atoms with van der Waals surface area (Å²) >= 11 is 0. The molecule has 0 fully saturated rings. The molecule has 0 bridgehead atoms. The third-order valence-electron chi connectivity index (χ3n) is 5.46. The van der Waals surface area contributed by atoms with E-state index in [4.69, 9.17) is 47.4 Å². The van der Waals surface area contributed by atoms with E-state index >= 15 is 0 Å². The molecule has 0 unspecified atom stereocenters. The number of ether oxygens (including phenoxy) is 10. The maximum atomic E-state index is 12.9. The number of rotatable bonds is 18. The number of ketones is 1. The van der Waals surface area contributed by atoms with Crippen molar-refractivity contribution in [1.82, 2.24) is 0 Å². The van der Waals surface area contributed by atoms with Crippen LogP contribution < -0.4 is 37.9 Å². The summed E-state index contributed by atoms with van der Waals surface area (Å²) in [7, 11) is 8.95. The van der Waals surface area contributed by atoms with E-state index in [1.54, 1.807) is 24.3 Å². The van der Waals surface area contributed by atoms with Crippen LogP contribution in [0.15, 0.2) is 24.3 Å². The fraction of sp³-hybridized carbons (Fsp3) is 0.414. The van der Waals surface area contributed by atoms with Gasteiger partial charge in [0, 0.05) is 24.3 Å². The molecule has 0 amide bonds. The van der Waals surface area contributed by atoms with Crippen molar-refractivity contribution >= 4 is 17.9 Å². The maximum Gasteiger partial charge on any atom is 0.208 e. The van der Waals surface area contributed by atoms with Gasteiger partial charge in [0.1, 0.15) is 0 Å². The first-order valence-corrected chi connectivity index (χ1v) is 12.4. The van der Waals surface area contributed by atoms with Crippen molar-refractivity contribution < 1.29 is 52.2 Å². The average Bonchev–Trinajstić information content (AvgIpc) is 2.98. The highest BCUT2D eigenvalue weighted by atomic mass is 16.7. The SMILES string of the molecule is CCOCOc1c(C=CC(=O)C=Cc2cc(OC)c(OC)c(OC)c2OCOCC)cc(OC)c(OC)c1OC. The Balaban J connectivity index is 2.48. The molecule has 2 aromatic carbocycles. The van der Waals surface area contributed by atoms with Gasteiger partial charge in [-0.15, -0.1) is 0 Å². The van der Waals surface area contributed by atoms with Crippen LogP contribution >= 0.6 is 0 Å². The molecular formula is C29H38O11. The normalized spacial score (nSPS) is 11.0. The Labute approximate surface area is 235 Å². The molecule has 2 rings (SSSR count). The van der Waals surface area contributed by atoms with Gasteiger partial charge in [0.25, 0.3) is 0 Å². The van der Waals surface area contributed by atoms with Crippen LogP contribution in [-0.4, -0.2) is 75.2 Å². The number of benzene rings is 2. The summed E-state index contributed by atoms with van der Waals surface area (Å²) in [5, 5.41) is 0. The van der Waals surface area contributed by atoms with Crippen molar-refractivity contribution in [2.45, 2.75) is 13.8 Å². The molecule has 0 N–H and O–H groups in total. The zero-order chi connectivity index (χ0) is 29.5. The van der Waals surface area contributed by atoms with Gasteiger partial charge in [-0.05, 0) is 50.3 Å². The van der Waals surface area contributed by atoms with E-state index in [1.165, 1.54) is 54.8 Å². The molecule has 0 aliphatic rings. The van der Waals surface area contributed by atoms with Crippen LogP contribution in [0.3, 0.4) is 0 Å². The molecule has 40 heavy (non-hydrogen) atoms. The van der Waals surface area contributed by atoms with E-state index in [0.717, 1.165) is 0 Å². The number of carbonyl (C=O) groups excluding carboxylic acids is 1. The number of hydrogen-bond acceptors (Lipinski definition) is 11. The van der Waals surface area contributed by atoms with E-state index in [2.05, 4.69) is 0 Å². The fourth-order valence-electron chi connectivity index (χ4n) is 3.61. The number of allylic oxidation sites excluding steroid dienone is 2. The van der Waals surface area contributed by atoms with Crippen LogP contribution in [0.2, 0.25) is 0 Å². The van der Waals surface area contributed by atoms with Crippen molar-refractivity contribution in [1.29, 1.82) is 0 Å². The van der Waals surface area contributed by atoms with Gasteiger partial charge >= 0.3 is 0 Å². The van der Waals surface area contributed by atoms with Crippen molar-refractivity contribution in [2.24, 2.45) is 0 Å². The van der Waals surface area contributed by atoms with Crippen molar-refractivity contribution in [3.05, 3.63) is 35.4 Å². The minimum atomic E-state index is -0.325. The summed E-state index contributed by atoms with van der Waals surface area (Å²) in [6, 6.07) is 3.35. The van der Waals surface area contributed by atoms with Gasteiger partial charge in [0.15, 0.2) is 42.4 Å². The first-order chi connectivity index (χ1) is 19.4. The molecule has 0 aliphatic heterocycles. The van der Waals surface area contributed by atoms with Gasteiger partial charge < -0.3 is 47.4 Å². The zero-order valence-corrected chi connectivity index (χ0v) is 24.3. The van der Waals surface area contributed by atoms with Gasteiger partial charge in [0.2, 0.25) is 23.0 Å². The molecule has 0 aliphatic carbocycles. The summed E-state index contributed by atoms with van der Waals surface area (Å²) in [4.78, 5) is 12.9. The molecular weight excluding hydrogens is 524 g/mol. The quantitative estimate of drug-likeness (QED) is 0.142. The van der Waals surface area contributed by atoms with Crippen LogP contribution in [0.1, 0.15) is 25.0 Å². The Hall–Kier alpha value is -4.09. The highest BCUT2D eigenvalue weighted by molar-refractivity contribution is 6.05. The fourth-order valence-corrected chi connectivity index (χ4v) is 3.61. The lowest BCUT2D eigenvalue weighted by atomic mass is 10.1. The monoisotopic (exact) mass is 562 g/mol. The highest BCUT2D eigenvalue weighted by Gasteiger charge is 2.22. The van der Waals surface area contributed by atoms with Crippen molar-refractivity contribution in [2.75, 3.05) is 69.5 Å². The predicted molar refractivity (Wildman–Crippen MR) is 150 cm³/mol. The van der Waals surface area contributed by atoms with Gasteiger partial charge in [0.05, 0.1) is 42.7 Å². The van der Waals surface area contributed by atoms with E-state index < -0.39 is 0 Å².